The van der Waals surface area contributed by atoms with E-state index in [4.69, 9.17) is 11.6 Å². The third-order valence-electron chi connectivity index (χ3n) is 5.23. The van der Waals surface area contributed by atoms with Crippen LogP contribution in [0, 0.1) is 0 Å². The van der Waals surface area contributed by atoms with Gasteiger partial charge in [-0.15, -0.1) is 11.3 Å². The summed E-state index contributed by atoms with van der Waals surface area (Å²) in [6.07, 6.45) is -2.56. The molecule has 2 aromatic carbocycles. The summed E-state index contributed by atoms with van der Waals surface area (Å²) in [6.45, 7) is 1.34. The molecule has 1 fully saturated rings. The summed E-state index contributed by atoms with van der Waals surface area (Å²) in [4.78, 5) is 31.6. The summed E-state index contributed by atoms with van der Waals surface area (Å²) in [5.41, 5.74) is 0.996. The van der Waals surface area contributed by atoms with Gasteiger partial charge in [-0.1, -0.05) is 23.7 Å². The van der Waals surface area contributed by atoms with E-state index in [1.807, 2.05) is 0 Å². The monoisotopic (exact) mass is 493 g/mol. The summed E-state index contributed by atoms with van der Waals surface area (Å²) in [7, 11) is 0. The molecular formula is C23H19ClF3N3O2S. The second-order valence-corrected chi connectivity index (χ2v) is 8.93. The molecule has 2 amide bonds. The highest BCUT2D eigenvalue weighted by atomic mass is 35.5. The number of hydrogen-bond donors (Lipinski definition) is 1. The van der Waals surface area contributed by atoms with Gasteiger partial charge >= 0.3 is 6.18 Å². The molecule has 0 spiro atoms. The van der Waals surface area contributed by atoms with Gasteiger partial charge in [0.2, 0.25) is 5.91 Å². The highest BCUT2D eigenvalue weighted by Gasteiger charge is 2.30. The Morgan fingerprint density at radius 3 is 2.45 bits per heavy atom. The number of benzene rings is 2. The average molecular weight is 494 g/mol. The minimum atomic E-state index is -4.40. The third kappa shape index (κ3) is 5.54. The van der Waals surface area contributed by atoms with E-state index in [-0.39, 0.29) is 18.2 Å². The normalized spacial score (nSPS) is 13.9. The fourth-order valence-corrected chi connectivity index (χ4v) is 4.57. The molecule has 0 bridgehead atoms. The van der Waals surface area contributed by atoms with Gasteiger partial charge in [-0.3, -0.25) is 9.59 Å². The number of hydrogen-bond acceptors (Lipinski definition) is 4. The minimum Gasteiger partial charge on any atom is -0.339 e. The van der Waals surface area contributed by atoms with Gasteiger partial charge < -0.3 is 10.2 Å². The van der Waals surface area contributed by atoms with Gasteiger partial charge in [0, 0.05) is 29.1 Å². The van der Waals surface area contributed by atoms with Crippen molar-refractivity contribution in [2.75, 3.05) is 18.4 Å². The Bertz CT molecular complexity index is 1170. The van der Waals surface area contributed by atoms with E-state index in [0.717, 1.165) is 25.0 Å². The molecule has 0 aliphatic carbocycles. The summed E-state index contributed by atoms with van der Waals surface area (Å²) >= 11 is 7.32. The SMILES string of the molecule is O=C(Cc1csc(-c2ccc(C(F)(F)F)cc2)n1)Nc1ccc(Cl)cc1C(=O)N1CCCC1. The van der Waals surface area contributed by atoms with Crippen LogP contribution in [-0.4, -0.2) is 34.8 Å². The first kappa shape index (κ1) is 23.3. The number of amides is 2. The topological polar surface area (TPSA) is 62.3 Å². The summed E-state index contributed by atoms with van der Waals surface area (Å²) < 4.78 is 38.2. The Kier molecular flexibility index (Phi) is 6.71. The van der Waals surface area contributed by atoms with Crippen molar-refractivity contribution >= 4 is 40.4 Å². The maximum absolute atomic E-state index is 12.8. The number of aromatic nitrogens is 1. The van der Waals surface area contributed by atoms with Crippen LogP contribution < -0.4 is 5.32 Å². The van der Waals surface area contributed by atoms with Crippen LogP contribution in [0.3, 0.4) is 0 Å². The molecule has 1 aromatic heterocycles. The fraction of sp³-hybridized carbons (Fsp3) is 0.261. The molecule has 1 N–H and O–H groups in total. The molecule has 1 saturated heterocycles. The smallest absolute Gasteiger partial charge is 0.339 e. The molecule has 172 valence electrons. The number of alkyl halides is 3. The van der Waals surface area contributed by atoms with Crippen LogP contribution in [0.25, 0.3) is 10.6 Å². The lowest BCUT2D eigenvalue weighted by molar-refractivity contribution is -0.137. The van der Waals surface area contributed by atoms with Crippen LogP contribution in [0.2, 0.25) is 5.02 Å². The number of carbonyl (C=O) groups excluding carboxylic acids is 2. The zero-order chi connectivity index (χ0) is 23.6. The van der Waals surface area contributed by atoms with Crippen molar-refractivity contribution in [3.05, 3.63) is 69.7 Å². The van der Waals surface area contributed by atoms with E-state index < -0.39 is 11.7 Å². The lowest BCUT2D eigenvalue weighted by Crippen LogP contribution is -2.29. The molecule has 0 radical (unpaired) electrons. The standard InChI is InChI=1S/C23H19ClF3N3O2S/c24-16-7-8-19(18(11-16)22(32)30-9-1-2-10-30)29-20(31)12-17-13-33-21(28-17)14-3-5-15(6-4-14)23(25,26)27/h3-8,11,13H,1-2,9-10,12H2,(H,29,31). The lowest BCUT2D eigenvalue weighted by atomic mass is 10.1. The first-order chi connectivity index (χ1) is 15.7. The Balaban J connectivity index is 1.45. The number of likely N-dealkylation sites (tertiary alicyclic amines) is 1. The number of nitrogens with zero attached hydrogens (tertiary/aromatic N) is 2. The number of rotatable bonds is 5. The van der Waals surface area contributed by atoms with E-state index in [2.05, 4.69) is 10.3 Å². The Morgan fingerprint density at radius 2 is 1.79 bits per heavy atom. The summed E-state index contributed by atoms with van der Waals surface area (Å²) in [5.74, 6) is -0.541. The Labute approximate surface area is 197 Å². The quantitative estimate of drug-likeness (QED) is 0.481. The molecule has 0 unspecified atom stereocenters. The number of nitrogens with one attached hydrogen (secondary N) is 1. The number of carbonyl (C=O) groups is 2. The molecule has 2 heterocycles. The maximum atomic E-state index is 12.8. The van der Waals surface area contributed by atoms with Crippen molar-refractivity contribution in [2.24, 2.45) is 0 Å². The van der Waals surface area contributed by atoms with Gasteiger partial charge in [-0.25, -0.2) is 4.98 Å². The highest BCUT2D eigenvalue weighted by Crippen LogP contribution is 2.32. The number of thiazole rings is 1. The van der Waals surface area contributed by atoms with Gasteiger partial charge in [0.05, 0.1) is 28.9 Å². The average Bonchev–Trinajstić information content (AvgIpc) is 3.46. The van der Waals surface area contributed by atoms with Crippen LogP contribution in [0.5, 0.6) is 0 Å². The predicted octanol–water partition coefficient (Wildman–Crippen LogP) is 5.90. The van der Waals surface area contributed by atoms with E-state index in [1.54, 1.807) is 28.5 Å². The van der Waals surface area contributed by atoms with Crippen LogP contribution in [-0.2, 0) is 17.4 Å². The first-order valence-corrected chi connectivity index (χ1v) is 11.5. The van der Waals surface area contributed by atoms with Gasteiger partial charge in [-0.2, -0.15) is 13.2 Å². The number of anilines is 1. The van der Waals surface area contributed by atoms with Crippen molar-refractivity contribution in [1.82, 2.24) is 9.88 Å². The first-order valence-electron chi connectivity index (χ1n) is 10.2. The van der Waals surface area contributed by atoms with Gasteiger partial charge in [0.1, 0.15) is 5.01 Å². The third-order valence-corrected chi connectivity index (χ3v) is 6.41. The number of halogens is 4. The van der Waals surface area contributed by atoms with Gasteiger partial charge in [0.25, 0.3) is 5.91 Å². The molecule has 1 aliphatic rings. The maximum Gasteiger partial charge on any atom is 0.416 e. The fourth-order valence-electron chi connectivity index (χ4n) is 3.57. The van der Waals surface area contributed by atoms with Crippen molar-refractivity contribution < 1.29 is 22.8 Å². The largest absolute Gasteiger partial charge is 0.416 e. The molecule has 5 nitrogen and oxygen atoms in total. The van der Waals surface area contributed by atoms with E-state index in [0.29, 0.717) is 45.6 Å². The van der Waals surface area contributed by atoms with Crippen LogP contribution in [0.1, 0.15) is 34.5 Å². The molecule has 1 aliphatic heterocycles. The van der Waals surface area contributed by atoms with Crippen LogP contribution >= 0.6 is 22.9 Å². The van der Waals surface area contributed by atoms with Crippen LogP contribution in [0.15, 0.2) is 47.8 Å². The summed E-state index contributed by atoms with van der Waals surface area (Å²) in [6, 6.07) is 9.46. The van der Waals surface area contributed by atoms with E-state index in [9.17, 15) is 22.8 Å². The van der Waals surface area contributed by atoms with Gasteiger partial charge in [-0.05, 0) is 43.2 Å². The minimum absolute atomic E-state index is 0.0445. The van der Waals surface area contributed by atoms with Gasteiger partial charge in [0.15, 0.2) is 0 Å². The van der Waals surface area contributed by atoms with E-state index >= 15 is 0 Å². The van der Waals surface area contributed by atoms with Crippen molar-refractivity contribution in [3.8, 4) is 10.6 Å². The molecular weight excluding hydrogens is 475 g/mol. The predicted molar refractivity (Wildman–Crippen MR) is 121 cm³/mol. The highest BCUT2D eigenvalue weighted by molar-refractivity contribution is 7.13. The molecule has 33 heavy (non-hydrogen) atoms. The van der Waals surface area contributed by atoms with Crippen LogP contribution in [0.4, 0.5) is 18.9 Å². The zero-order valence-electron chi connectivity index (χ0n) is 17.3. The molecule has 10 heteroatoms. The molecule has 4 rings (SSSR count). The second kappa shape index (κ2) is 9.52. The van der Waals surface area contributed by atoms with Crippen molar-refractivity contribution in [1.29, 1.82) is 0 Å². The Hall–Kier alpha value is -2.91. The Morgan fingerprint density at radius 1 is 1.09 bits per heavy atom. The van der Waals surface area contributed by atoms with Crippen molar-refractivity contribution in [3.63, 3.8) is 0 Å². The molecule has 0 saturated carbocycles. The molecule has 3 aromatic rings. The van der Waals surface area contributed by atoms with E-state index in [1.165, 1.54) is 23.5 Å². The van der Waals surface area contributed by atoms with Crippen molar-refractivity contribution in [2.45, 2.75) is 25.4 Å². The lowest BCUT2D eigenvalue weighted by Gasteiger charge is -2.18. The molecule has 0 atom stereocenters. The second-order valence-electron chi connectivity index (χ2n) is 7.63. The zero-order valence-corrected chi connectivity index (χ0v) is 18.9. The summed E-state index contributed by atoms with van der Waals surface area (Å²) in [5, 5.41) is 5.36.